The molecule has 3 aliphatic rings. The van der Waals surface area contributed by atoms with Crippen LogP contribution in [-0.2, 0) is 29.1 Å². The van der Waals surface area contributed by atoms with Crippen LogP contribution in [0.3, 0.4) is 0 Å². The Morgan fingerprint density at radius 1 is 0.976 bits per heavy atom. The monoisotopic (exact) mass is 608 g/mol. The largest absolute Gasteiger partial charge is 0.490 e. The average Bonchev–Trinajstić information content (AvgIpc) is 3.66. The van der Waals surface area contributed by atoms with E-state index in [0.717, 1.165) is 64.2 Å². The van der Waals surface area contributed by atoms with Crippen LogP contribution in [0.15, 0.2) is 24.5 Å². The number of amides is 1. The number of likely N-dealkylation sites (tertiary alicyclic amines) is 1. The molecule has 17 heteroatoms. The van der Waals surface area contributed by atoms with Gasteiger partial charge in [0.1, 0.15) is 5.82 Å². The highest BCUT2D eigenvalue weighted by molar-refractivity contribution is 5.90. The molecule has 3 N–H and O–H groups in total. The Labute approximate surface area is 235 Å². The zero-order valence-electron chi connectivity index (χ0n) is 22.3. The van der Waals surface area contributed by atoms with Crippen molar-refractivity contribution >= 4 is 17.8 Å². The van der Waals surface area contributed by atoms with Gasteiger partial charge in [0.2, 0.25) is 5.82 Å². The Kier molecular flexibility index (Phi) is 10.5. The quantitative estimate of drug-likeness (QED) is 0.435. The van der Waals surface area contributed by atoms with Crippen molar-refractivity contribution in [1.29, 1.82) is 0 Å². The summed E-state index contributed by atoms with van der Waals surface area (Å²) in [6.45, 7) is 4.81. The molecule has 2 aliphatic heterocycles. The minimum atomic E-state index is -5.08. The Bertz CT molecular complexity index is 1200. The Balaban J connectivity index is 0.000000289. The number of piperidine rings is 1. The van der Waals surface area contributed by atoms with Gasteiger partial charge in [-0.3, -0.25) is 14.7 Å². The summed E-state index contributed by atoms with van der Waals surface area (Å²) in [6, 6.07) is 4.15. The summed E-state index contributed by atoms with van der Waals surface area (Å²) in [5.74, 6) is -3.42. The van der Waals surface area contributed by atoms with Crippen molar-refractivity contribution in [3.8, 4) is 0 Å². The fourth-order valence-corrected chi connectivity index (χ4v) is 4.63. The molecule has 11 nitrogen and oxygen atoms in total. The summed E-state index contributed by atoms with van der Waals surface area (Å²) in [6.07, 6.45) is 0.476. The van der Waals surface area contributed by atoms with E-state index in [2.05, 4.69) is 36.0 Å². The van der Waals surface area contributed by atoms with Crippen molar-refractivity contribution in [1.82, 2.24) is 30.0 Å². The summed E-state index contributed by atoms with van der Waals surface area (Å²) < 4.78 is 65.6. The van der Waals surface area contributed by atoms with Crippen LogP contribution in [-0.4, -0.2) is 84.7 Å². The maximum absolute atomic E-state index is 12.6. The molecular formula is C25H30F6N6O5. The number of alkyl halides is 6. The number of nitrogens with zero attached hydrogens (tertiary/aromatic N) is 5. The molecule has 0 radical (unpaired) electrons. The lowest BCUT2D eigenvalue weighted by molar-refractivity contribution is -0.193. The minimum Gasteiger partial charge on any atom is -0.475 e. The highest BCUT2D eigenvalue weighted by Crippen LogP contribution is 2.41. The highest BCUT2D eigenvalue weighted by atomic mass is 19.4. The first-order valence-corrected chi connectivity index (χ1v) is 13.0. The van der Waals surface area contributed by atoms with E-state index in [9.17, 15) is 31.1 Å². The molecule has 0 unspecified atom stereocenters. The summed E-state index contributed by atoms with van der Waals surface area (Å²) in [4.78, 5) is 37.1. The van der Waals surface area contributed by atoms with E-state index in [-0.39, 0.29) is 11.3 Å². The number of halogens is 6. The van der Waals surface area contributed by atoms with Crippen molar-refractivity contribution in [3.05, 3.63) is 41.7 Å². The second-order valence-corrected chi connectivity index (χ2v) is 10.4. The number of hydrogen-bond acceptors (Lipinski definition) is 7. The number of pyridine rings is 1. The van der Waals surface area contributed by atoms with Crippen LogP contribution in [0.5, 0.6) is 0 Å². The maximum atomic E-state index is 12.6. The van der Waals surface area contributed by atoms with Crippen LogP contribution in [0, 0.1) is 11.3 Å². The van der Waals surface area contributed by atoms with Gasteiger partial charge in [0.05, 0.1) is 0 Å². The molecule has 2 fully saturated rings. The molecule has 2 aromatic rings. The van der Waals surface area contributed by atoms with Gasteiger partial charge in [-0.1, -0.05) is 6.07 Å². The predicted octanol–water partition coefficient (Wildman–Crippen LogP) is 3.31. The van der Waals surface area contributed by atoms with Crippen molar-refractivity contribution in [2.45, 2.75) is 64.0 Å². The van der Waals surface area contributed by atoms with Gasteiger partial charge in [0.15, 0.2) is 0 Å². The number of hydrogen-bond donors (Lipinski definition) is 3. The Hall–Kier alpha value is -3.76. The number of carbonyl (C=O) groups excluding carboxylic acids is 1. The van der Waals surface area contributed by atoms with Crippen molar-refractivity contribution in [2.75, 3.05) is 19.6 Å². The lowest BCUT2D eigenvalue weighted by Gasteiger charge is -2.44. The van der Waals surface area contributed by atoms with Gasteiger partial charge in [-0.25, -0.2) is 9.59 Å². The molecular weight excluding hydrogens is 578 g/mol. The number of nitrogens with one attached hydrogen (secondary N) is 1. The van der Waals surface area contributed by atoms with Gasteiger partial charge in [0, 0.05) is 38.4 Å². The molecule has 42 heavy (non-hydrogen) atoms. The van der Waals surface area contributed by atoms with E-state index in [0.29, 0.717) is 11.7 Å². The van der Waals surface area contributed by atoms with Gasteiger partial charge < -0.3 is 20.1 Å². The fraction of sp³-hybridized carbons (Fsp3) is 0.600. The van der Waals surface area contributed by atoms with E-state index in [4.69, 9.17) is 19.8 Å². The first kappa shape index (κ1) is 32.8. The zero-order chi connectivity index (χ0) is 31.1. The zero-order valence-corrected chi connectivity index (χ0v) is 22.3. The number of fused-ring (bicyclic) bond motifs is 1. The van der Waals surface area contributed by atoms with Crippen LogP contribution in [0.25, 0.3) is 0 Å². The summed E-state index contributed by atoms with van der Waals surface area (Å²) in [7, 11) is 0. The summed E-state index contributed by atoms with van der Waals surface area (Å²) in [5, 5.41) is 25.8. The molecule has 0 aromatic carbocycles. The average molecular weight is 609 g/mol. The number of rotatable bonds is 5. The molecule has 232 valence electrons. The molecule has 0 bridgehead atoms. The number of aromatic nitrogens is 4. The van der Waals surface area contributed by atoms with Crippen molar-refractivity contribution < 1.29 is 50.9 Å². The topological polar surface area (TPSA) is 151 Å². The van der Waals surface area contributed by atoms with E-state index < -0.39 is 24.3 Å². The molecule has 1 saturated carbocycles. The summed E-state index contributed by atoms with van der Waals surface area (Å²) in [5.41, 5.74) is 1.55. The van der Waals surface area contributed by atoms with Gasteiger partial charge in [0.25, 0.3) is 5.91 Å². The second-order valence-electron chi connectivity index (χ2n) is 10.4. The van der Waals surface area contributed by atoms with Gasteiger partial charge >= 0.3 is 24.3 Å². The lowest BCUT2D eigenvalue weighted by atomic mass is 9.73. The Morgan fingerprint density at radius 3 is 2.07 bits per heavy atom. The number of carbonyl (C=O) groups is 3. The minimum absolute atomic E-state index is 0.0586. The molecule has 0 atom stereocenters. The fourth-order valence-electron chi connectivity index (χ4n) is 4.63. The number of aryl methyl sites for hydroxylation is 1. The highest BCUT2D eigenvalue weighted by Gasteiger charge is 2.40. The molecule has 1 spiro atoms. The number of carboxylic acid groups (broad SMARTS) is 2. The van der Waals surface area contributed by atoms with Crippen LogP contribution in [0.4, 0.5) is 26.3 Å². The first-order chi connectivity index (χ1) is 19.6. The molecule has 5 rings (SSSR count). The molecule has 4 heterocycles. The van der Waals surface area contributed by atoms with Gasteiger partial charge in [-0.15, -0.1) is 10.2 Å². The van der Waals surface area contributed by atoms with Crippen LogP contribution < -0.4 is 5.32 Å². The van der Waals surface area contributed by atoms with E-state index in [1.165, 1.54) is 18.4 Å². The third kappa shape index (κ3) is 9.66. The molecule has 2 aromatic heterocycles. The third-order valence-corrected chi connectivity index (χ3v) is 7.18. The molecule has 1 amide bonds. The summed E-state index contributed by atoms with van der Waals surface area (Å²) >= 11 is 0. The SMILES string of the molecule is O=C(NCC1CC1)c1nnc2n1CC1(CC2)CCN(Cc2cccnc2)CC1.O=C(O)C(F)(F)F.O=C(O)C(F)(F)F. The van der Waals surface area contributed by atoms with Gasteiger partial charge in [-0.05, 0) is 68.2 Å². The lowest BCUT2D eigenvalue weighted by Crippen LogP contribution is -2.44. The standard InChI is InChI=1S/C21H28N6O.2C2HF3O2/c28-20(23-13-16-3-4-16)19-25-24-18-5-6-21(15-27(18)19)7-10-26(11-8-21)14-17-2-1-9-22-12-17;2*3-2(4,5)1(6)7/h1-2,9,12,16H,3-8,10-11,13-15H2,(H,23,28);2*(H,6,7). The normalized spacial score (nSPS) is 18.0. The van der Waals surface area contributed by atoms with Crippen LogP contribution in [0.1, 0.15) is 54.1 Å². The van der Waals surface area contributed by atoms with E-state index in [1.807, 2.05) is 18.5 Å². The van der Waals surface area contributed by atoms with Crippen LogP contribution >= 0.6 is 0 Å². The van der Waals surface area contributed by atoms with Crippen LogP contribution in [0.2, 0.25) is 0 Å². The molecule has 1 aliphatic carbocycles. The molecule has 1 saturated heterocycles. The number of carboxylic acids is 2. The Morgan fingerprint density at radius 2 is 1.57 bits per heavy atom. The van der Waals surface area contributed by atoms with E-state index >= 15 is 0 Å². The number of aliphatic carboxylic acids is 2. The predicted molar refractivity (Wildman–Crippen MR) is 132 cm³/mol. The first-order valence-electron chi connectivity index (χ1n) is 13.0. The smallest absolute Gasteiger partial charge is 0.475 e. The van der Waals surface area contributed by atoms with Gasteiger partial charge in [-0.2, -0.15) is 26.3 Å². The van der Waals surface area contributed by atoms with Crippen molar-refractivity contribution in [3.63, 3.8) is 0 Å². The second kappa shape index (κ2) is 13.5. The third-order valence-electron chi connectivity index (χ3n) is 7.18. The maximum Gasteiger partial charge on any atom is 0.490 e. The van der Waals surface area contributed by atoms with E-state index in [1.54, 1.807) is 0 Å². The van der Waals surface area contributed by atoms with Crippen molar-refractivity contribution in [2.24, 2.45) is 11.3 Å².